The van der Waals surface area contributed by atoms with Crippen molar-refractivity contribution < 1.29 is 8.42 Å². The van der Waals surface area contributed by atoms with Crippen LogP contribution in [0.4, 0.5) is 11.4 Å². The molecule has 0 spiro atoms. The van der Waals surface area contributed by atoms with Gasteiger partial charge in [0.1, 0.15) is 0 Å². The van der Waals surface area contributed by atoms with Crippen molar-refractivity contribution in [3.8, 4) is 0 Å². The SMILES string of the molecule is CC(C)C(C)CNc1ccc(S(C)(=O)=O)cc1N. The van der Waals surface area contributed by atoms with Gasteiger partial charge in [0, 0.05) is 12.8 Å². The standard InChI is InChI=1S/C13H22N2O2S/c1-9(2)10(3)8-15-13-6-5-11(7-12(13)14)18(4,16)17/h5-7,9-10,15H,8,14H2,1-4H3. The lowest BCUT2D eigenvalue weighted by molar-refractivity contribution is 0.440. The summed E-state index contributed by atoms with van der Waals surface area (Å²) in [5.41, 5.74) is 7.11. The Morgan fingerprint density at radius 3 is 2.33 bits per heavy atom. The Kier molecular flexibility index (Phi) is 4.62. The van der Waals surface area contributed by atoms with Crippen LogP contribution in [-0.4, -0.2) is 21.2 Å². The van der Waals surface area contributed by atoms with Gasteiger partial charge < -0.3 is 11.1 Å². The number of nitrogens with one attached hydrogen (secondary N) is 1. The van der Waals surface area contributed by atoms with Crippen LogP contribution in [0, 0.1) is 11.8 Å². The first-order valence-corrected chi connectivity index (χ1v) is 7.94. The van der Waals surface area contributed by atoms with Gasteiger partial charge in [-0.15, -0.1) is 0 Å². The van der Waals surface area contributed by atoms with Crippen LogP contribution in [0.5, 0.6) is 0 Å². The number of sulfone groups is 1. The van der Waals surface area contributed by atoms with Crippen molar-refractivity contribution in [2.75, 3.05) is 23.9 Å². The molecule has 0 heterocycles. The molecule has 0 saturated carbocycles. The van der Waals surface area contributed by atoms with E-state index in [2.05, 4.69) is 26.1 Å². The zero-order chi connectivity index (χ0) is 13.9. The van der Waals surface area contributed by atoms with Gasteiger partial charge in [-0.25, -0.2) is 8.42 Å². The minimum atomic E-state index is -3.19. The van der Waals surface area contributed by atoms with E-state index in [-0.39, 0.29) is 4.90 Å². The Hall–Kier alpha value is -1.23. The fourth-order valence-corrected chi connectivity index (χ4v) is 2.10. The van der Waals surface area contributed by atoms with E-state index in [0.29, 0.717) is 17.5 Å². The van der Waals surface area contributed by atoms with E-state index >= 15 is 0 Å². The summed E-state index contributed by atoms with van der Waals surface area (Å²) in [6.45, 7) is 7.32. The molecule has 0 amide bonds. The predicted molar refractivity (Wildman–Crippen MR) is 76.5 cm³/mol. The van der Waals surface area contributed by atoms with E-state index in [1.807, 2.05) is 0 Å². The molecule has 18 heavy (non-hydrogen) atoms. The zero-order valence-corrected chi connectivity index (χ0v) is 12.2. The van der Waals surface area contributed by atoms with Crippen molar-refractivity contribution in [3.63, 3.8) is 0 Å². The highest BCUT2D eigenvalue weighted by molar-refractivity contribution is 7.90. The molecule has 0 aromatic heterocycles. The molecule has 0 fully saturated rings. The van der Waals surface area contributed by atoms with Gasteiger partial charge in [-0.1, -0.05) is 20.8 Å². The molecule has 1 atom stereocenters. The van der Waals surface area contributed by atoms with E-state index in [9.17, 15) is 8.42 Å². The average Bonchev–Trinajstić information content (AvgIpc) is 2.25. The van der Waals surface area contributed by atoms with Crippen LogP contribution in [0.1, 0.15) is 20.8 Å². The number of nitrogens with two attached hydrogens (primary N) is 1. The van der Waals surface area contributed by atoms with Crippen LogP contribution in [0.25, 0.3) is 0 Å². The first-order chi connectivity index (χ1) is 8.21. The maximum Gasteiger partial charge on any atom is 0.175 e. The van der Waals surface area contributed by atoms with Crippen molar-refractivity contribution >= 4 is 21.2 Å². The first kappa shape index (κ1) is 14.8. The molecular weight excluding hydrogens is 248 g/mol. The average molecular weight is 270 g/mol. The van der Waals surface area contributed by atoms with E-state index in [1.165, 1.54) is 12.3 Å². The van der Waals surface area contributed by atoms with Gasteiger partial charge in [-0.2, -0.15) is 0 Å². The second-order valence-corrected chi connectivity index (χ2v) is 7.14. The molecule has 0 aliphatic carbocycles. The van der Waals surface area contributed by atoms with Crippen LogP contribution in [0.3, 0.4) is 0 Å². The van der Waals surface area contributed by atoms with Gasteiger partial charge in [0.25, 0.3) is 0 Å². The lowest BCUT2D eigenvalue weighted by Crippen LogP contribution is -2.17. The smallest absolute Gasteiger partial charge is 0.175 e. The second-order valence-electron chi connectivity index (χ2n) is 5.12. The highest BCUT2D eigenvalue weighted by Crippen LogP contribution is 2.23. The van der Waals surface area contributed by atoms with Gasteiger partial charge in [0.2, 0.25) is 0 Å². The fraction of sp³-hybridized carbons (Fsp3) is 0.538. The highest BCUT2D eigenvalue weighted by Gasteiger charge is 2.11. The lowest BCUT2D eigenvalue weighted by atomic mass is 9.98. The quantitative estimate of drug-likeness (QED) is 0.806. The molecule has 0 aliphatic heterocycles. The summed E-state index contributed by atoms with van der Waals surface area (Å²) in [5.74, 6) is 1.12. The molecule has 0 bridgehead atoms. The van der Waals surface area contributed by atoms with Crippen LogP contribution in [-0.2, 0) is 9.84 Å². The summed E-state index contributed by atoms with van der Waals surface area (Å²) in [6, 6.07) is 4.80. The molecule has 1 rings (SSSR count). The Morgan fingerprint density at radius 1 is 1.28 bits per heavy atom. The third-order valence-corrected chi connectivity index (χ3v) is 4.31. The summed E-state index contributed by atoms with van der Waals surface area (Å²) < 4.78 is 22.8. The third kappa shape index (κ3) is 3.91. The molecular formula is C13H22N2O2S. The maximum atomic E-state index is 11.4. The van der Waals surface area contributed by atoms with Gasteiger partial charge in [0.15, 0.2) is 9.84 Å². The van der Waals surface area contributed by atoms with Crippen molar-refractivity contribution in [1.29, 1.82) is 0 Å². The summed E-state index contributed by atoms with van der Waals surface area (Å²) >= 11 is 0. The largest absolute Gasteiger partial charge is 0.397 e. The summed E-state index contributed by atoms with van der Waals surface area (Å²) in [6.07, 6.45) is 1.18. The molecule has 102 valence electrons. The number of benzene rings is 1. The molecule has 1 unspecified atom stereocenters. The fourth-order valence-electron chi connectivity index (χ4n) is 1.44. The van der Waals surface area contributed by atoms with Crippen molar-refractivity contribution in [3.05, 3.63) is 18.2 Å². The predicted octanol–water partition coefficient (Wildman–Crippen LogP) is 2.38. The Bertz CT molecular complexity index is 510. The Labute approximate surface area is 110 Å². The molecule has 5 heteroatoms. The number of hydrogen-bond acceptors (Lipinski definition) is 4. The monoisotopic (exact) mass is 270 g/mol. The summed E-state index contributed by atoms with van der Waals surface area (Å²) in [4.78, 5) is 0.252. The minimum absolute atomic E-state index is 0.252. The topological polar surface area (TPSA) is 72.2 Å². The van der Waals surface area contributed by atoms with Crippen molar-refractivity contribution in [1.82, 2.24) is 0 Å². The van der Waals surface area contributed by atoms with Crippen molar-refractivity contribution in [2.24, 2.45) is 11.8 Å². The van der Waals surface area contributed by atoms with Gasteiger partial charge in [0.05, 0.1) is 16.3 Å². The molecule has 0 saturated heterocycles. The summed E-state index contributed by atoms with van der Waals surface area (Å²) in [7, 11) is -3.19. The van der Waals surface area contributed by atoms with E-state index < -0.39 is 9.84 Å². The molecule has 1 aromatic carbocycles. The molecule has 0 aliphatic rings. The van der Waals surface area contributed by atoms with E-state index in [4.69, 9.17) is 5.73 Å². The minimum Gasteiger partial charge on any atom is -0.397 e. The molecule has 0 radical (unpaired) electrons. The zero-order valence-electron chi connectivity index (χ0n) is 11.4. The van der Waals surface area contributed by atoms with Gasteiger partial charge >= 0.3 is 0 Å². The Morgan fingerprint density at radius 2 is 1.89 bits per heavy atom. The van der Waals surface area contributed by atoms with Crippen molar-refractivity contribution in [2.45, 2.75) is 25.7 Å². The first-order valence-electron chi connectivity index (χ1n) is 6.05. The molecule has 3 N–H and O–H groups in total. The number of hydrogen-bond donors (Lipinski definition) is 2. The highest BCUT2D eigenvalue weighted by atomic mass is 32.2. The molecule has 1 aromatic rings. The summed E-state index contributed by atoms with van der Waals surface area (Å²) in [5, 5.41) is 3.25. The maximum absolute atomic E-state index is 11.4. The number of nitrogen functional groups attached to an aromatic ring is 1. The molecule has 4 nitrogen and oxygen atoms in total. The van der Waals surface area contributed by atoms with Crippen LogP contribution in [0.15, 0.2) is 23.1 Å². The van der Waals surface area contributed by atoms with E-state index in [0.717, 1.165) is 12.2 Å². The number of rotatable bonds is 5. The van der Waals surface area contributed by atoms with Gasteiger partial charge in [-0.3, -0.25) is 0 Å². The third-order valence-electron chi connectivity index (χ3n) is 3.20. The van der Waals surface area contributed by atoms with Crippen LogP contribution >= 0.6 is 0 Å². The van der Waals surface area contributed by atoms with Gasteiger partial charge in [-0.05, 0) is 30.0 Å². The van der Waals surface area contributed by atoms with Crippen LogP contribution < -0.4 is 11.1 Å². The van der Waals surface area contributed by atoms with Crippen LogP contribution in [0.2, 0.25) is 0 Å². The lowest BCUT2D eigenvalue weighted by Gasteiger charge is -2.18. The normalized spacial score (nSPS) is 13.6. The number of anilines is 2. The van der Waals surface area contributed by atoms with E-state index in [1.54, 1.807) is 12.1 Å². The Balaban J connectivity index is 2.81. The second kappa shape index (κ2) is 5.61.